The molecule has 112 valence electrons. The molecule has 1 aromatic carbocycles. The van der Waals surface area contributed by atoms with Crippen molar-refractivity contribution in [1.82, 2.24) is 10.2 Å². The molecule has 0 saturated carbocycles. The monoisotopic (exact) mass is 308 g/mol. The molecule has 0 bridgehead atoms. The van der Waals surface area contributed by atoms with Crippen molar-refractivity contribution in [1.29, 1.82) is 0 Å². The number of anilines is 3. The number of nitrogens with one attached hydrogen (secondary N) is 2. The molecular weight excluding hydrogens is 292 g/mol. The van der Waals surface area contributed by atoms with E-state index in [2.05, 4.69) is 20.2 Å². The first-order chi connectivity index (χ1) is 10.0. The Bertz CT molecular complexity index is 702. The number of ether oxygens (including phenoxy) is 1. The van der Waals surface area contributed by atoms with Crippen molar-refractivity contribution in [3.8, 4) is 5.75 Å². The standard InChI is InChI=1S/C13H16N4O3S/c1-3-21(18,19)17-13-9-8-12(15-16-13)14-10-6-4-5-7-11(10)20-2/h4-9H,3H2,1-2H3,(H,14,15)(H,16,17). The molecule has 2 rings (SSSR count). The topological polar surface area (TPSA) is 93.2 Å². The van der Waals surface area contributed by atoms with Gasteiger partial charge in [0.25, 0.3) is 0 Å². The number of methoxy groups -OCH3 is 1. The van der Waals surface area contributed by atoms with Gasteiger partial charge in [-0.1, -0.05) is 12.1 Å². The van der Waals surface area contributed by atoms with Crippen LogP contribution in [0.4, 0.5) is 17.3 Å². The predicted octanol–water partition coefficient (Wildman–Crippen LogP) is 1.99. The molecule has 0 atom stereocenters. The molecule has 0 amide bonds. The summed E-state index contributed by atoms with van der Waals surface area (Å²) in [6, 6.07) is 10.6. The van der Waals surface area contributed by atoms with Gasteiger partial charge in [-0.05, 0) is 31.2 Å². The highest BCUT2D eigenvalue weighted by Gasteiger charge is 2.08. The maximum atomic E-state index is 11.4. The van der Waals surface area contributed by atoms with E-state index in [9.17, 15) is 8.42 Å². The second kappa shape index (κ2) is 6.40. The van der Waals surface area contributed by atoms with Crippen LogP contribution in [0.3, 0.4) is 0 Å². The summed E-state index contributed by atoms with van der Waals surface area (Å²) in [7, 11) is -1.77. The van der Waals surface area contributed by atoms with Crippen LogP contribution in [0, 0.1) is 0 Å². The van der Waals surface area contributed by atoms with Gasteiger partial charge in [0, 0.05) is 0 Å². The fourth-order valence-corrected chi connectivity index (χ4v) is 2.14. The van der Waals surface area contributed by atoms with Crippen LogP contribution < -0.4 is 14.8 Å². The summed E-state index contributed by atoms with van der Waals surface area (Å²) >= 11 is 0. The molecule has 0 aliphatic rings. The van der Waals surface area contributed by atoms with Gasteiger partial charge in [0.2, 0.25) is 10.0 Å². The molecule has 1 aromatic heterocycles. The van der Waals surface area contributed by atoms with Gasteiger partial charge in [-0.3, -0.25) is 4.72 Å². The number of para-hydroxylation sites is 2. The summed E-state index contributed by atoms with van der Waals surface area (Å²) in [5.41, 5.74) is 0.746. The lowest BCUT2D eigenvalue weighted by Crippen LogP contribution is -2.15. The second-order valence-electron chi connectivity index (χ2n) is 4.13. The number of sulfonamides is 1. The third-order valence-corrected chi connectivity index (χ3v) is 3.95. The minimum absolute atomic E-state index is 0.0180. The van der Waals surface area contributed by atoms with Crippen molar-refractivity contribution in [2.45, 2.75) is 6.92 Å². The van der Waals surface area contributed by atoms with Crippen LogP contribution in [-0.2, 0) is 10.0 Å². The number of nitrogens with zero attached hydrogens (tertiary/aromatic N) is 2. The van der Waals surface area contributed by atoms with Gasteiger partial charge < -0.3 is 10.1 Å². The Labute approximate surface area is 123 Å². The van der Waals surface area contributed by atoms with E-state index in [1.807, 2.05) is 24.3 Å². The largest absolute Gasteiger partial charge is 0.495 e. The fraction of sp³-hybridized carbons (Fsp3) is 0.231. The lowest BCUT2D eigenvalue weighted by atomic mass is 10.3. The molecule has 0 aliphatic heterocycles. The van der Waals surface area contributed by atoms with E-state index in [-0.39, 0.29) is 11.6 Å². The molecule has 8 heteroatoms. The van der Waals surface area contributed by atoms with E-state index in [0.29, 0.717) is 11.6 Å². The van der Waals surface area contributed by atoms with Gasteiger partial charge in [-0.2, -0.15) is 0 Å². The van der Waals surface area contributed by atoms with Crippen LogP contribution in [0.5, 0.6) is 5.75 Å². The van der Waals surface area contributed by atoms with E-state index in [4.69, 9.17) is 4.74 Å². The third kappa shape index (κ3) is 4.06. The van der Waals surface area contributed by atoms with Gasteiger partial charge in [0.15, 0.2) is 11.6 Å². The van der Waals surface area contributed by atoms with Gasteiger partial charge in [-0.25, -0.2) is 8.42 Å². The highest BCUT2D eigenvalue weighted by molar-refractivity contribution is 7.92. The zero-order chi connectivity index (χ0) is 15.3. The molecular formula is C13H16N4O3S. The number of hydrogen-bond acceptors (Lipinski definition) is 6. The van der Waals surface area contributed by atoms with Crippen LogP contribution in [0.15, 0.2) is 36.4 Å². The number of rotatable bonds is 6. The number of benzene rings is 1. The van der Waals surface area contributed by atoms with Gasteiger partial charge in [0.1, 0.15) is 5.75 Å². The van der Waals surface area contributed by atoms with Crippen molar-refractivity contribution in [2.75, 3.05) is 22.9 Å². The Morgan fingerprint density at radius 3 is 2.38 bits per heavy atom. The SMILES string of the molecule is CCS(=O)(=O)Nc1ccc(Nc2ccccc2OC)nn1. The van der Waals surface area contributed by atoms with Crippen molar-refractivity contribution >= 4 is 27.3 Å². The zero-order valence-corrected chi connectivity index (χ0v) is 12.5. The van der Waals surface area contributed by atoms with Crippen molar-refractivity contribution in [2.24, 2.45) is 0 Å². The lowest BCUT2D eigenvalue weighted by molar-refractivity contribution is 0.417. The molecule has 0 radical (unpaired) electrons. The Morgan fingerprint density at radius 1 is 1.10 bits per heavy atom. The molecule has 7 nitrogen and oxygen atoms in total. The normalized spacial score (nSPS) is 11.0. The average Bonchev–Trinajstić information content (AvgIpc) is 2.49. The Balaban J connectivity index is 2.13. The van der Waals surface area contributed by atoms with Crippen LogP contribution in [-0.4, -0.2) is 31.5 Å². The number of hydrogen-bond donors (Lipinski definition) is 2. The van der Waals surface area contributed by atoms with Gasteiger partial charge in [0.05, 0.1) is 18.6 Å². The molecule has 0 spiro atoms. The second-order valence-corrected chi connectivity index (χ2v) is 6.15. The van der Waals surface area contributed by atoms with Gasteiger partial charge in [-0.15, -0.1) is 10.2 Å². The van der Waals surface area contributed by atoms with Crippen LogP contribution >= 0.6 is 0 Å². The van der Waals surface area contributed by atoms with Crippen molar-refractivity contribution in [3.05, 3.63) is 36.4 Å². The smallest absolute Gasteiger partial charge is 0.233 e. The molecule has 0 aliphatic carbocycles. The fourth-order valence-electron chi connectivity index (χ4n) is 1.57. The summed E-state index contributed by atoms with van der Waals surface area (Å²) < 4.78 is 30.4. The van der Waals surface area contributed by atoms with E-state index >= 15 is 0 Å². The van der Waals surface area contributed by atoms with E-state index in [1.54, 1.807) is 20.1 Å². The average molecular weight is 308 g/mol. The summed E-state index contributed by atoms with van der Waals surface area (Å²) in [6.07, 6.45) is 0. The van der Waals surface area contributed by atoms with E-state index in [1.165, 1.54) is 6.07 Å². The van der Waals surface area contributed by atoms with Crippen molar-refractivity contribution in [3.63, 3.8) is 0 Å². The van der Waals surface area contributed by atoms with Crippen LogP contribution in [0.1, 0.15) is 6.92 Å². The first-order valence-electron chi connectivity index (χ1n) is 6.28. The highest BCUT2D eigenvalue weighted by atomic mass is 32.2. The van der Waals surface area contributed by atoms with E-state index < -0.39 is 10.0 Å². The maximum Gasteiger partial charge on any atom is 0.233 e. The maximum absolute atomic E-state index is 11.4. The first-order valence-corrected chi connectivity index (χ1v) is 7.93. The third-order valence-electron chi connectivity index (χ3n) is 2.67. The Morgan fingerprint density at radius 2 is 1.76 bits per heavy atom. The molecule has 0 saturated heterocycles. The first kappa shape index (κ1) is 15.0. The Kier molecular flexibility index (Phi) is 4.59. The summed E-state index contributed by atoms with van der Waals surface area (Å²) in [5.74, 6) is 1.33. The minimum atomic E-state index is -3.35. The molecule has 2 aromatic rings. The quantitative estimate of drug-likeness (QED) is 0.847. The molecule has 21 heavy (non-hydrogen) atoms. The van der Waals surface area contributed by atoms with E-state index in [0.717, 1.165) is 5.69 Å². The summed E-state index contributed by atoms with van der Waals surface area (Å²) in [6.45, 7) is 1.55. The zero-order valence-electron chi connectivity index (χ0n) is 11.7. The molecule has 2 N–H and O–H groups in total. The number of aromatic nitrogens is 2. The Hall–Kier alpha value is -2.35. The molecule has 0 unspecified atom stereocenters. The lowest BCUT2D eigenvalue weighted by Gasteiger charge is -2.10. The molecule has 0 fully saturated rings. The highest BCUT2D eigenvalue weighted by Crippen LogP contribution is 2.26. The summed E-state index contributed by atoms with van der Waals surface area (Å²) in [4.78, 5) is 0. The van der Waals surface area contributed by atoms with Gasteiger partial charge >= 0.3 is 0 Å². The summed E-state index contributed by atoms with van der Waals surface area (Å²) in [5, 5.41) is 10.8. The molecule has 1 heterocycles. The van der Waals surface area contributed by atoms with Crippen LogP contribution in [0.2, 0.25) is 0 Å². The van der Waals surface area contributed by atoms with Crippen LogP contribution in [0.25, 0.3) is 0 Å². The van der Waals surface area contributed by atoms with Crippen molar-refractivity contribution < 1.29 is 13.2 Å². The predicted molar refractivity (Wildman–Crippen MR) is 81.4 cm³/mol. The minimum Gasteiger partial charge on any atom is -0.495 e.